The van der Waals surface area contributed by atoms with Crippen LogP contribution in [0.25, 0.3) is 0 Å². The Morgan fingerprint density at radius 1 is 1.50 bits per heavy atom. The number of fused-ring (bicyclic) bond motifs is 1. The van der Waals surface area contributed by atoms with E-state index in [9.17, 15) is 9.59 Å². The minimum atomic E-state index is -0.558. The van der Waals surface area contributed by atoms with Gasteiger partial charge in [-0.3, -0.25) is 9.69 Å². The van der Waals surface area contributed by atoms with Crippen LogP contribution in [0.5, 0.6) is 5.75 Å². The molecule has 1 aliphatic heterocycles. The van der Waals surface area contributed by atoms with Gasteiger partial charge < -0.3 is 15.3 Å². The molecule has 0 spiro atoms. The van der Waals surface area contributed by atoms with Crippen LogP contribution >= 0.6 is 0 Å². The monoisotopic (exact) mass is 248 g/mol. The van der Waals surface area contributed by atoms with Gasteiger partial charge in [0.05, 0.1) is 12.2 Å². The van der Waals surface area contributed by atoms with E-state index in [1.165, 1.54) is 4.90 Å². The van der Waals surface area contributed by atoms with Crippen LogP contribution in [0.2, 0.25) is 0 Å². The topological polar surface area (TPSA) is 72.6 Å². The van der Waals surface area contributed by atoms with Crippen molar-refractivity contribution in [3.05, 3.63) is 23.8 Å². The maximum Gasteiger partial charge on any atom is 0.268 e. The second-order valence-electron chi connectivity index (χ2n) is 4.22. The molecule has 1 aliphatic rings. The van der Waals surface area contributed by atoms with Gasteiger partial charge in [0.2, 0.25) is 0 Å². The molecule has 0 fully saturated rings. The molecule has 18 heavy (non-hydrogen) atoms. The van der Waals surface area contributed by atoms with Crippen molar-refractivity contribution in [3.63, 3.8) is 0 Å². The number of hydrogen-bond acceptors (Lipinski definition) is 4. The summed E-state index contributed by atoms with van der Waals surface area (Å²) < 4.78 is 5.52. The van der Waals surface area contributed by atoms with Gasteiger partial charge in [-0.1, -0.05) is 6.07 Å². The summed E-state index contributed by atoms with van der Waals surface area (Å²) in [6.07, 6.45) is 0.888. The highest BCUT2D eigenvalue weighted by atomic mass is 16.5. The molecule has 1 aromatic rings. The molecule has 0 bridgehead atoms. The van der Waals surface area contributed by atoms with Crippen molar-refractivity contribution in [2.75, 3.05) is 18.0 Å². The lowest BCUT2D eigenvalue weighted by molar-refractivity contribution is -0.126. The van der Waals surface area contributed by atoms with E-state index in [4.69, 9.17) is 10.5 Å². The number of hydrogen-bond donors (Lipinski definition) is 1. The average Bonchev–Trinajstić information content (AvgIpc) is 2.36. The largest absolute Gasteiger partial charge is 0.479 e. The third-order valence-electron chi connectivity index (χ3n) is 2.92. The zero-order valence-corrected chi connectivity index (χ0v) is 10.3. The molecule has 1 atom stereocenters. The van der Waals surface area contributed by atoms with Crippen molar-refractivity contribution in [1.82, 2.24) is 0 Å². The van der Waals surface area contributed by atoms with E-state index >= 15 is 0 Å². The van der Waals surface area contributed by atoms with Crippen molar-refractivity contribution in [2.24, 2.45) is 5.73 Å². The molecule has 2 N–H and O–H groups in total. The summed E-state index contributed by atoms with van der Waals surface area (Å²) in [5, 5.41) is 0. The van der Waals surface area contributed by atoms with Gasteiger partial charge in [-0.05, 0) is 37.6 Å². The lowest BCUT2D eigenvalue weighted by Gasteiger charge is -2.32. The SMILES string of the molecule is CC1Oc2ccc(CCN)cc2N(CC=O)C1=O. The Kier molecular flexibility index (Phi) is 3.62. The van der Waals surface area contributed by atoms with Crippen molar-refractivity contribution in [2.45, 2.75) is 19.4 Å². The number of rotatable bonds is 4. The van der Waals surface area contributed by atoms with Gasteiger partial charge in [0, 0.05) is 0 Å². The van der Waals surface area contributed by atoms with Crippen LogP contribution in [-0.2, 0) is 16.0 Å². The summed E-state index contributed by atoms with van der Waals surface area (Å²) in [5.41, 5.74) is 7.19. The van der Waals surface area contributed by atoms with Crippen molar-refractivity contribution in [1.29, 1.82) is 0 Å². The average molecular weight is 248 g/mol. The number of ether oxygens (including phenoxy) is 1. The Morgan fingerprint density at radius 3 is 2.94 bits per heavy atom. The van der Waals surface area contributed by atoms with Gasteiger partial charge in [0.25, 0.3) is 5.91 Å². The lowest BCUT2D eigenvalue weighted by atomic mass is 10.1. The summed E-state index contributed by atoms with van der Waals surface area (Å²) in [4.78, 5) is 24.1. The van der Waals surface area contributed by atoms with Crippen LogP contribution in [0.4, 0.5) is 5.69 Å². The molecular weight excluding hydrogens is 232 g/mol. The van der Waals surface area contributed by atoms with E-state index in [1.54, 1.807) is 6.92 Å². The highest BCUT2D eigenvalue weighted by Gasteiger charge is 2.31. The summed E-state index contributed by atoms with van der Waals surface area (Å²) >= 11 is 0. The number of benzene rings is 1. The number of anilines is 1. The Balaban J connectivity index is 2.41. The first-order valence-electron chi connectivity index (χ1n) is 5.92. The maximum atomic E-state index is 12.0. The quantitative estimate of drug-likeness (QED) is 0.787. The Labute approximate surface area is 106 Å². The van der Waals surface area contributed by atoms with E-state index in [2.05, 4.69) is 0 Å². The first-order valence-corrected chi connectivity index (χ1v) is 5.92. The van der Waals surface area contributed by atoms with Crippen LogP contribution in [0.1, 0.15) is 12.5 Å². The van der Waals surface area contributed by atoms with Gasteiger partial charge in [0.15, 0.2) is 6.10 Å². The molecular formula is C13H16N2O3. The van der Waals surface area contributed by atoms with Crippen LogP contribution < -0.4 is 15.4 Å². The fourth-order valence-corrected chi connectivity index (χ4v) is 2.04. The summed E-state index contributed by atoms with van der Waals surface area (Å²) in [7, 11) is 0. The maximum absolute atomic E-state index is 12.0. The fraction of sp³-hybridized carbons (Fsp3) is 0.385. The molecule has 5 heteroatoms. The standard InChI is InChI=1S/C13H16N2O3/c1-9-13(17)15(6-7-16)11-8-10(4-5-14)2-3-12(11)18-9/h2-3,7-9H,4-6,14H2,1H3. The van der Waals surface area contributed by atoms with Gasteiger partial charge in [0.1, 0.15) is 12.0 Å². The third kappa shape index (κ3) is 2.22. The number of amides is 1. The fourth-order valence-electron chi connectivity index (χ4n) is 2.04. The molecule has 2 rings (SSSR count). The number of nitrogens with two attached hydrogens (primary N) is 1. The normalized spacial score (nSPS) is 18.2. The lowest BCUT2D eigenvalue weighted by Crippen LogP contribution is -2.45. The van der Waals surface area contributed by atoms with E-state index in [0.717, 1.165) is 18.3 Å². The second-order valence-corrected chi connectivity index (χ2v) is 4.22. The molecule has 1 unspecified atom stereocenters. The molecule has 0 saturated heterocycles. The van der Waals surface area contributed by atoms with E-state index in [1.807, 2.05) is 18.2 Å². The van der Waals surface area contributed by atoms with Crippen LogP contribution in [-0.4, -0.2) is 31.4 Å². The highest BCUT2D eigenvalue weighted by Crippen LogP contribution is 2.34. The van der Waals surface area contributed by atoms with Gasteiger partial charge in [-0.2, -0.15) is 0 Å². The van der Waals surface area contributed by atoms with Gasteiger partial charge >= 0.3 is 0 Å². The molecule has 96 valence electrons. The second kappa shape index (κ2) is 5.18. The Hall–Kier alpha value is -1.88. The van der Waals surface area contributed by atoms with E-state index in [-0.39, 0.29) is 12.5 Å². The Morgan fingerprint density at radius 2 is 2.28 bits per heavy atom. The van der Waals surface area contributed by atoms with Crippen molar-refractivity contribution < 1.29 is 14.3 Å². The molecule has 0 aromatic heterocycles. The number of nitrogens with zero attached hydrogens (tertiary/aromatic N) is 1. The molecule has 5 nitrogen and oxygen atoms in total. The van der Waals surface area contributed by atoms with Crippen LogP contribution in [0.15, 0.2) is 18.2 Å². The number of aldehydes is 1. The number of carbonyl (C=O) groups is 2. The Bertz CT molecular complexity index is 473. The molecule has 1 aromatic carbocycles. The predicted molar refractivity (Wildman–Crippen MR) is 67.7 cm³/mol. The van der Waals surface area contributed by atoms with Crippen molar-refractivity contribution in [3.8, 4) is 5.75 Å². The van der Waals surface area contributed by atoms with E-state index in [0.29, 0.717) is 18.0 Å². The smallest absolute Gasteiger partial charge is 0.268 e. The zero-order chi connectivity index (χ0) is 13.1. The van der Waals surface area contributed by atoms with Gasteiger partial charge in [-0.25, -0.2) is 0 Å². The highest BCUT2D eigenvalue weighted by molar-refractivity contribution is 6.01. The predicted octanol–water partition coefficient (Wildman–Crippen LogP) is 0.501. The molecule has 1 amide bonds. The minimum Gasteiger partial charge on any atom is -0.479 e. The minimum absolute atomic E-state index is 0.0472. The summed E-state index contributed by atoms with van der Waals surface area (Å²) in [6, 6.07) is 5.60. The van der Waals surface area contributed by atoms with Gasteiger partial charge in [-0.15, -0.1) is 0 Å². The third-order valence-corrected chi connectivity index (χ3v) is 2.92. The number of carbonyl (C=O) groups excluding carboxylic acids is 2. The molecule has 1 heterocycles. The molecule has 0 saturated carbocycles. The van der Waals surface area contributed by atoms with Crippen molar-refractivity contribution >= 4 is 17.9 Å². The summed E-state index contributed by atoms with van der Waals surface area (Å²) in [6.45, 7) is 2.26. The first kappa shape index (κ1) is 12.6. The van der Waals surface area contributed by atoms with E-state index < -0.39 is 6.10 Å². The molecule has 0 aliphatic carbocycles. The van der Waals surface area contributed by atoms with Crippen LogP contribution in [0.3, 0.4) is 0 Å². The molecule has 0 radical (unpaired) electrons. The zero-order valence-electron chi connectivity index (χ0n) is 10.3. The first-order chi connectivity index (χ1) is 8.67. The van der Waals surface area contributed by atoms with Crippen LogP contribution in [0, 0.1) is 0 Å². The summed E-state index contributed by atoms with van der Waals surface area (Å²) in [5.74, 6) is 0.434.